The molecule has 2 aromatic carbocycles. The molecule has 1 atom stereocenters. The van der Waals surface area contributed by atoms with Crippen LogP contribution in [0.1, 0.15) is 0 Å². The summed E-state index contributed by atoms with van der Waals surface area (Å²) in [7, 11) is -2.27. The van der Waals surface area contributed by atoms with E-state index in [1.54, 1.807) is 10.4 Å². The smallest absolute Gasteiger partial charge is 0.0656 e. The number of hydrogen-bond acceptors (Lipinski definition) is 0. The fourth-order valence-corrected chi connectivity index (χ4v) is 129. The van der Waals surface area contributed by atoms with E-state index in [0.717, 1.165) is 0 Å². The highest BCUT2D eigenvalue weighted by Gasteiger charge is 2.47. The van der Waals surface area contributed by atoms with Gasteiger partial charge in [-0.1, -0.05) is 104 Å². The fourth-order valence-electron chi connectivity index (χ4n) is 4.66. The lowest BCUT2D eigenvalue weighted by molar-refractivity contribution is 1.72. The maximum atomic E-state index is 2.69. The molecule has 0 aliphatic heterocycles. The molecule has 2 aromatic rings. The molecule has 0 aromatic heterocycles. The first kappa shape index (κ1) is 17.9. The van der Waals surface area contributed by atoms with E-state index in [0.29, 0.717) is 0 Å². The normalized spacial score (nSPS) is 14.3. The summed E-state index contributed by atoms with van der Waals surface area (Å²) in [6, 6.07) is 23.1. The van der Waals surface area contributed by atoms with Crippen LogP contribution in [0.5, 0.6) is 0 Å². The summed E-state index contributed by atoms with van der Waals surface area (Å²) in [5.41, 5.74) is 0. The van der Waals surface area contributed by atoms with Gasteiger partial charge in [-0.25, -0.2) is 0 Å². The Labute approximate surface area is 143 Å². The topological polar surface area (TPSA) is 0 Å². The molecule has 1 unspecified atom stereocenters. The summed E-state index contributed by atoms with van der Waals surface area (Å²) in [5.74, 6) is 0. The molecule has 0 heterocycles. The molecule has 0 amide bonds. The van der Waals surface area contributed by atoms with Crippen LogP contribution in [-0.4, -0.2) is 40.1 Å². The third-order valence-corrected chi connectivity index (χ3v) is 86.7. The van der Waals surface area contributed by atoms with Gasteiger partial charge in [0.15, 0.2) is 0 Å². The Balaban J connectivity index is 2.51. The minimum atomic E-state index is -1.29. The zero-order valence-electron chi connectivity index (χ0n) is 14.9. The van der Waals surface area contributed by atoms with Crippen molar-refractivity contribution in [3.63, 3.8) is 0 Å². The van der Waals surface area contributed by atoms with Crippen LogP contribution in [-0.2, 0) is 0 Å². The van der Waals surface area contributed by atoms with Gasteiger partial charge in [-0.15, -0.1) is 0 Å². The van der Waals surface area contributed by atoms with Gasteiger partial charge in [0.2, 0.25) is 0 Å². The standard InChI is InChI=1S/C17H30Si5/c1-19(18)20(21(2,3)16-12-8-6-9-13-16)22(4,5)17-14-10-7-11-15-17/h6-15,19-20H,1-5,18H3. The maximum Gasteiger partial charge on any atom is 0.0656 e. The van der Waals surface area contributed by atoms with Gasteiger partial charge in [0.1, 0.15) is 0 Å². The molecule has 0 saturated heterocycles. The maximum absolute atomic E-state index is 2.69. The zero-order valence-corrected chi connectivity index (χ0v) is 21.2. The number of rotatable bonds is 5. The van der Waals surface area contributed by atoms with Crippen molar-refractivity contribution in [2.75, 3.05) is 0 Å². The summed E-state index contributed by atoms with van der Waals surface area (Å²) in [4.78, 5) is 0. The first-order valence-corrected chi connectivity index (χ1v) is 26.4. The van der Waals surface area contributed by atoms with E-state index in [1.165, 1.54) is 9.76 Å². The minimum Gasteiger partial charge on any atom is -0.0769 e. The van der Waals surface area contributed by atoms with Crippen molar-refractivity contribution in [3.8, 4) is 0 Å². The molecule has 0 aliphatic carbocycles. The van der Waals surface area contributed by atoms with Gasteiger partial charge in [0, 0.05) is 15.2 Å². The summed E-state index contributed by atoms with van der Waals surface area (Å²) in [6.45, 7) is 13.5. The molecular weight excluding hydrogens is 345 g/mol. The summed E-state index contributed by atoms with van der Waals surface area (Å²) in [6.07, 6.45) is 0. The summed E-state index contributed by atoms with van der Waals surface area (Å²) >= 11 is 0. The van der Waals surface area contributed by atoms with Gasteiger partial charge >= 0.3 is 0 Å². The Kier molecular flexibility index (Phi) is 5.66. The molecule has 0 bridgehead atoms. The van der Waals surface area contributed by atoms with Crippen molar-refractivity contribution in [1.82, 2.24) is 0 Å². The van der Waals surface area contributed by atoms with Gasteiger partial charge in [0.05, 0.1) is 15.2 Å². The minimum absolute atomic E-state index is 0.474. The first-order valence-electron chi connectivity index (χ1n) is 8.39. The molecule has 0 fully saturated rings. The van der Waals surface area contributed by atoms with Crippen molar-refractivity contribution in [2.24, 2.45) is 0 Å². The first-order chi connectivity index (χ1) is 10.3. The summed E-state index contributed by atoms with van der Waals surface area (Å²) in [5, 5.41) is 3.44. The Morgan fingerprint density at radius 1 is 0.682 bits per heavy atom. The van der Waals surface area contributed by atoms with Crippen molar-refractivity contribution >= 4 is 50.5 Å². The zero-order chi connectivity index (χ0) is 16.4. The van der Waals surface area contributed by atoms with E-state index in [4.69, 9.17) is 0 Å². The van der Waals surface area contributed by atoms with Crippen LogP contribution in [0.4, 0.5) is 0 Å². The van der Waals surface area contributed by atoms with Gasteiger partial charge in [-0.2, -0.15) is 0 Å². The van der Waals surface area contributed by atoms with Crippen molar-refractivity contribution < 1.29 is 0 Å². The lowest BCUT2D eigenvalue weighted by Gasteiger charge is -2.44. The SMILES string of the molecule is C[SiH]([SiH3])[SiH]([Si](C)(C)c1ccccc1)[Si](C)(C)c1ccccc1. The lowest BCUT2D eigenvalue weighted by atomic mass is 10.4. The van der Waals surface area contributed by atoms with Crippen molar-refractivity contribution in [1.29, 1.82) is 0 Å². The Hall–Kier alpha value is -0.476. The monoisotopic (exact) mass is 374 g/mol. The van der Waals surface area contributed by atoms with Crippen molar-refractivity contribution in [2.45, 2.75) is 32.7 Å². The average molecular weight is 375 g/mol. The number of benzene rings is 2. The molecule has 0 nitrogen and oxygen atoms in total. The van der Waals surface area contributed by atoms with E-state index in [9.17, 15) is 0 Å². The van der Waals surface area contributed by atoms with E-state index in [-0.39, 0.29) is 0 Å². The average Bonchev–Trinajstić information content (AvgIpc) is 2.48. The largest absolute Gasteiger partial charge is 0.0769 e. The van der Waals surface area contributed by atoms with Gasteiger partial charge < -0.3 is 0 Å². The van der Waals surface area contributed by atoms with Gasteiger partial charge in [0.25, 0.3) is 0 Å². The molecule has 0 N–H and O–H groups in total. The number of hydrogen-bond donors (Lipinski definition) is 0. The van der Waals surface area contributed by atoms with Crippen molar-refractivity contribution in [3.05, 3.63) is 60.7 Å². The fraction of sp³-hybridized carbons (Fsp3) is 0.294. The molecule has 2 rings (SSSR count). The second kappa shape index (κ2) is 6.96. The van der Waals surface area contributed by atoms with Crippen LogP contribution in [0.25, 0.3) is 0 Å². The van der Waals surface area contributed by atoms with E-state index in [2.05, 4.69) is 93.4 Å². The van der Waals surface area contributed by atoms with E-state index < -0.39 is 30.4 Å². The predicted molar refractivity (Wildman–Crippen MR) is 117 cm³/mol. The molecule has 0 aliphatic rings. The summed E-state index contributed by atoms with van der Waals surface area (Å²) < 4.78 is 0. The van der Waals surface area contributed by atoms with Gasteiger partial charge in [-0.05, 0) is 9.76 Å². The Morgan fingerprint density at radius 2 is 1.00 bits per heavy atom. The molecule has 22 heavy (non-hydrogen) atoms. The molecular formula is C17H30Si5. The molecule has 118 valence electrons. The highest BCUT2D eigenvalue weighted by atomic mass is 30.0. The molecule has 0 saturated carbocycles. The van der Waals surface area contributed by atoms with Crippen LogP contribution in [0.3, 0.4) is 0 Å². The van der Waals surface area contributed by atoms with Crippen LogP contribution in [0.2, 0.25) is 32.7 Å². The third-order valence-electron chi connectivity index (χ3n) is 5.26. The molecule has 0 spiro atoms. The quantitative estimate of drug-likeness (QED) is 0.694. The van der Waals surface area contributed by atoms with E-state index >= 15 is 0 Å². The molecule has 0 radical (unpaired) electrons. The lowest BCUT2D eigenvalue weighted by Crippen LogP contribution is -2.76. The van der Waals surface area contributed by atoms with Crippen LogP contribution in [0, 0.1) is 0 Å². The predicted octanol–water partition coefficient (Wildman–Crippen LogP) is 1.40. The Bertz CT molecular complexity index is 541. The second-order valence-corrected chi connectivity index (χ2v) is 53.0. The Morgan fingerprint density at radius 3 is 1.27 bits per heavy atom. The van der Waals surface area contributed by atoms with Crippen LogP contribution < -0.4 is 10.4 Å². The highest BCUT2D eigenvalue weighted by Crippen LogP contribution is 2.20. The van der Waals surface area contributed by atoms with E-state index in [1.807, 2.05) is 0 Å². The molecule has 5 heteroatoms. The van der Waals surface area contributed by atoms with Crippen LogP contribution in [0.15, 0.2) is 60.7 Å². The van der Waals surface area contributed by atoms with Gasteiger partial charge in [-0.3, -0.25) is 0 Å². The second-order valence-electron chi connectivity index (χ2n) is 7.90. The van der Waals surface area contributed by atoms with Crippen LogP contribution >= 0.6 is 0 Å². The highest BCUT2D eigenvalue weighted by molar-refractivity contribution is 7.86. The third kappa shape index (κ3) is 3.54.